The third-order valence-corrected chi connectivity index (χ3v) is 6.13. The van der Waals surface area contributed by atoms with E-state index in [1.54, 1.807) is 31.8 Å². The predicted octanol–water partition coefficient (Wildman–Crippen LogP) is 4.93. The summed E-state index contributed by atoms with van der Waals surface area (Å²) in [7, 11) is 1.65. The first-order chi connectivity index (χ1) is 15.5. The lowest BCUT2D eigenvalue weighted by atomic mass is 10.2. The van der Waals surface area contributed by atoms with Crippen molar-refractivity contribution < 1.29 is 9.53 Å². The van der Waals surface area contributed by atoms with Crippen LogP contribution in [0.2, 0.25) is 10.3 Å². The highest BCUT2D eigenvalue weighted by molar-refractivity contribution is 6.36. The molecule has 1 aromatic carbocycles. The highest BCUT2D eigenvalue weighted by atomic mass is 35.5. The molecule has 1 aliphatic rings. The van der Waals surface area contributed by atoms with E-state index in [2.05, 4.69) is 24.8 Å². The van der Waals surface area contributed by atoms with Crippen molar-refractivity contribution in [2.45, 2.75) is 18.9 Å². The Balaban J connectivity index is 1.27. The maximum absolute atomic E-state index is 12.8. The number of carbonyl (C=O) groups excluding carboxylic acids is 1. The third-order valence-electron chi connectivity index (χ3n) is 5.65. The lowest BCUT2D eigenvalue weighted by molar-refractivity contribution is -0.117. The monoisotopic (exact) mass is 467 g/mol. The fraction of sp³-hybridized carbons (Fsp3) is 0.217. The maximum Gasteiger partial charge on any atom is 0.229 e. The second-order valence-electron chi connectivity index (χ2n) is 7.76. The van der Waals surface area contributed by atoms with Crippen LogP contribution >= 0.6 is 23.2 Å². The van der Waals surface area contributed by atoms with Crippen LogP contribution in [0.4, 0.5) is 5.82 Å². The molecule has 0 saturated heterocycles. The summed E-state index contributed by atoms with van der Waals surface area (Å²) < 4.78 is 7.30. The van der Waals surface area contributed by atoms with Crippen LogP contribution in [-0.2, 0) is 11.3 Å². The number of aromatic nitrogens is 4. The third kappa shape index (κ3) is 4.13. The number of rotatable bonds is 6. The van der Waals surface area contributed by atoms with Crippen molar-refractivity contribution >= 4 is 45.7 Å². The van der Waals surface area contributed by atoms with Gasteiger partial charge in [-0.15, -0.1) is 0 Å². The van der Waals surface area contributed by atoms with Crippen LogP contribution in [0.3, 0.4) is 0 Å². The summed E-state index contributed by atoms with van der Waals surface area (Å²) in [5.74, 6) is 1.22. The van der Waals surface area contributed by atoms with E-state index < -0.39 is 0 Å². The Labute approximate surface area is 194 Å². The summed E-state index contributed by atoms with van der Waals surface area (Å²) >= 11 is 12.1. The molecule has 3 heterocycles. The first-order valence-electron chi connectivity index (χ1n) is 10.1. The van der Waals surface area contributed by atoms with E-state index >= 15 is 0 Å². The van der Waals surface area contributed by atoms with Gasteiger partial charge in [-0.2, -0.15) is 0 Å². The number of pyridine rings is 2. The Kier molecular flexibility index (Phi) is 5.45. The molecule has 1 N–H and O–H groups in total. The predicted molar refractivity (Wildman–Crippen MR) is 123 cm³/mol. The second-order valence-corrected chi connectivity index (χ2v) is 8.50. The Bertz CT molecular complexity index is 1310. The number of imidazole rings is 1. The number of halogens is 2. The van der Waals surface area contributed by atoms with Gasteiger partial charge in [-0.25, -0.2) is 15.0 Å². The average molecular weight is 468 g/mol. The van der Waals surface area contributed by atoms with Crippen LogP contribution < -0.4 is 10.1 Å². The molecule has 4 aromatic rings. The number of nitrogens with zero attached hydrogens (tertiary/aromatic N) is 4. The lowest BCUT2D eigenvalue weighted by Crippen LogP contribution is -2.16. The fourth-order valence-corrected chi connectivity index (χ4v) is 4.37. The second kappa shape index (κ2) is 8.41. The van der Waals surface area contributed by atoms with Crippen molar-refractivity contribution in [1.29, 1.82) is 0 Å². The van der Waals surface area contributed by atoms with Crippen LogP contribution in [0.5, 0.6) is 5.75 Å². The number of ether oxygens (including phenoxy) is 1. The van der Waals surface area contributed by atoms with Crippen LogP contribution in [0, 0.1) is 5.92 Å². The van der Waals surface area contributed by atoms with E-state index in [4.69, 9.17) is 27.9 Å². The molecule has 1 saturated carbocycles. The highest BCUT2D eigenvalue weighted by Crippen LogP contribution is 2.48. The average Bonchev–Trinajstić information content (AvgIpc) is 3.45. The number of fused-ring (bicyclic) bond motifs is 1. The molecule has 5 rings (SSSR count). The molecule has 0 radical (unpaired) electrons. The van der Waals surface area contributed by atoms with Crippen LogP contribution in [0.25, 0.3) is 10.8 Å². The van der Waals surface area contributed by atoms with Gasteiger partial charge < -0.3 is 14.6 Å². The Hall–Kier alpha value is -3.16. The molecule has 32 heavy (non-hydrogen) atoms. The van der Waals surface area contributed by atoms with Gasteiger partial charge in [0.05, 0.1) is 13.4 Å². The molecule has 162 valence electrons. The maximum atomic E-state index is 12.8. The van der Waals surface area contributed by atoms with E-state index in [1.807, 2.05) is 30.5 Å². The van der Waals surface area contributed by atoms with E-state index in [9.17, 15) is 4.79 Å². The summed E-state index contributed by atoms with van der Waals surface area (Å²) in [6.07, 6.45) is 6.01. The molecule has 0 spiro atoms. The smallest absolute Gasteiger partial charge is 0.229 e. The number of nitrogens with one attached hydrogen (secondary N) is 1. The quantitative estimate of drug-likeness (QED) is 0.406. The zero-order chi connectivity index (χ0) is 22.2. The van der Waals surface area contributed by atoms with Crippen molar-refractivity contribution in [3.8, 4) is 5.75 Å². The van der Waals surface area contributed by atoms with Gasteiger partial charge in [0, 0.05) is 41.9 Å². The van der Waals surface area contributed by atoms with Gasteiger partial charge in [-0.1, -0.05) is 35.3 Å². The van der Waals surface area contributed by atoms with Gasteiger partial charge >= 0.3 is 0 Å². The number of hydrogen-bond acceptors (Lipinski definition) is 5. The minimum absolute atomic E-state index is 0.0645. The topological polar surface area (TPSA) is 81.9 Å². The zero-order valence-electron chi connectivity index (χ0n) is 17.1. The molecule has 2 atom stereocenters. The molecule has 3 aromatic heterocycles. The number of carbonyl (C=O) groups is 1. The van der Waals surface area contributed by atoms with E-state index in [0.717, 1.165) is 28.8 Å². The number of anilines is 1. The lowest BCUT2D eigenvalue weighted by Gasteiger charge is -2.09. The van der Waals surface area contributed by atoms with E-state index in [-0.39, 0.29) is 22.9 Å². The number of methoxy groups -OCH3 is 1. The van der Waals surface area contributed by atoms with Gasteiger partial charge in [0.2, 0.25) is 5.91 Å². The number of amides is 1. The molecule has 1 fully saturated rings. The van der Waals surface area contributed by atoms with E-state index in [0.29, 0.717) is 22.9 Å². The number of hydrogen-bond donors (Lipinski definition) is 1. The Morgan fingerprint density at radius 2 is 2.03 bits per heavy atom. The molecule has 1 aliphatic carbocycles. The first kappa shape index (κ1) is 20.7. The van der Waals surface area contributed by atoms with Gasteiger partial charge in [0.15, 0.2) is 0 Å². The molecular formula is C23H19Cl2N5O2. The molecule has 7 nitrogen and oxygen atoms in total. The molecule has 2 unspecified atom stereocenters. The largest absolute Gasteiger partial charge is 0.497 e. The van der Waals surface area contributed by atoms with Gasteiger partial charge in [0.1, 0.15) is 21.9 Å². The molecule has 9 heteroatoms. The normalized spacial score (nSPS) is 17.3. The van der Waals surface area contributed by atoms with Crippen LogP contribution in [0.15, 0.2) is 55.1 Å². The Morgan fingerprint density at radius 1 is 1.22 bits per heavy atom. The summed E-state index contributed by atoms with van der Waals surface area (Å²) in [6, 6.07) is 11.4. The molecule has 1 amide bonds. The van der Waals surface area contributed by atoms with Crippen molar-refractivity contribution in [2.75, 3.05) is 12.4 Å². The van der Waals surface area contributed by atoms with Crippen molar-refractivity contribution in [1.82, 2.24) is 19.5 Å². The van der Waals surface area contributed by atoms with Crippen LogP contribution in [-0.4, -0.2) is 32.5 Å². The molecule has 0 aliphatic heterocycles. The van der Waals surface area contributed by atoms with Crippen molar-refractivity contribution in [3.63, 3.8) is 0 Å². The summed E-state index contributed by atoms with van der Waals surface area (Å²) in [6.45, 7) is 0.686. The SMILES string of the molecule is COc1ccc(Cn2cncc2C2CC2C(=O)Nc2cc3cc(Cl)nc(Cl)c3cn2)cc1. The molecular weight excluding hydrogens is 449 g/mol. The Morgan fingerprint density at radius 3 is 2.81 bits per heavy atom. The van der Waals surface area contributed by atoms with E-state index in [1.165, 1.54) is 0 Å². The summed E-state index contributed by atoms with van der Waals surface area (Å²) in [5.41, 5.74) is 2.19. The van der Waals surface area contributed by atoms with Gasteiger partial charge in [0.25, 0.3) is 0 Å². The summed E-state index contributed by atoms with van der Waals surface area (Å²) in [4.78, 5) is 25.4. The van der Waals surface area contributed by atoms with Crippen molar-refractivity contribution in [2.24, 2.45) is 5.92 Å². The van der Waals surface area contributed by atoms with Crippen molar-refractivity contribution in [3.05, 3.63) is 76.7 Å². The zero-order valence-corrected chi connectivity index (χ0v) is 18.6. The standard InChI is InChI=1S/C23H19Cl2N5O2/c1-32-15-4-2-13(3-5-15)11-30-12-26-10-19(30)16-8-17(16)23(31)29-21-7-14-6-20(24)28-22(25)18(14)9-27-21/h2-7,9-10,12,16-17H,8,11H2,1H3,(H,27,29,31). The highest BCUT2D eigenvalue weighted by Gasteiger charge is 2.45. The number of benzene rings is 1. The first-order valence-corrected chi connectivity index (χ1v) is 10.8. The molecule has 0 bridgehead atoms. The minimum atomic E-state index is -0.122. The minimum Gasteiger partial charge on any atom is -0.497 e. The van der Waals surface area contributed by atoms with Crippen LogP contribution in [0.1, 0.15) is 23.6 Å². The van der Waals surface area contributed by atoms with Gasteiger partial charge in [-0.3, -0.25) is 4.79 Å². The summed E-state index contributed by atoms with van der Waals surface area (Å²) in [5, 5.41) is 4.93. The van der Waals surface area contributed by atoms with Gasteiger partial charge in [-0.05, 0) is 41.6 Å². The fourth-order valence-electron chi connectivity index (χ4n) is 3.88.